The first-order valence-electron chi connectivity index (χ1n) is 9.88. The molecule has 4 rings (SSSR count). The predicted octanol–water partition coefficient (Wildman–Crippen LogP) is 4.63. The number of fused-ring (bicyclic) bond motifs is 1. The third-order valence-electron chi connectivity index (χ3n) is 5.39. The second-order valence-electron chi connectivity index (χ2n) is 7.26. The monoisotopic (exact) mass is 423 g/mol. The topological polar surface area (TPSA) is 48.0 Å². The van der Waals surface area contributed by atoms with Gasteiger partial charge in [-0.1, -0.05) is 23.8 Å². The summed E-state index contributed by atoms with van der Waals surface area (Å²) in [6, 6.07) is 15.7. The molecule has 0 saturated carbocycles. The number of hydrogen-bond acceptors (Lipinski definition) is 5. The molecule has 6 heteroatoms. The SMILES string of the molecule is COc1cc2c(cc1OC)C(c1cccs1)N(C(=O)COc1ccc(C)cc1)CC2. The number of thiophene rings is 1. The lowest BCUT2D eigenvalue weighted by Gasteiger charge is -2.37. The lowest BCUT2D eigenvalue weighted by molar-refractivity contribution is -0.135. The Morgan fingerprint density at radius 3 is 2.50 bits per heavy atom. The van der Waals surface area contributed by atoms with Crippen molar-refractivity contribution in [3.8, 4) is 17.2 Å². The number of amides is 1. The number of rotatable bonds is 6. The van der Waals surface area contributed by atoms with Gasteiger partial charge in [0.2, 0.25) is 0 Å². The largest absolute Gasteiger partial charge is 0.493 e. The fourth-order valence-corrected chi connectivity index (χ4v) is 4.69. The minimum absolute atomic E-state index is 0.00750. The van der Waals surface area contributed by atoms with E-state index in [1.165, 1.54) is 5.56 Å². The van der Waals surface area contributed by atoms with Crippen LogP contribution in [0.2, 0.25) is 0 Å². The minimum atomic E-state index is -0.164. The molecule has 5 nitrogen and oxygen atoms in total. The van der Waals surface area contributed by atoms with Crippen LogP contribution in [0.3, 0.4) is 0 Å². The third-order valence-corrected chi connectivity index (χ3v) is 6.31. The maximum Gasteiger partial charge on any atom is 0.261 e. The van der Waals surface area contributed by atoms with Crippen LogP contribution in [0, 0.1) is 6.92 Å². The van der Waals surface area contributed by atoms with Crippen LogP contribution in [0.4, 0.5) is 0 Å². The van der Waals surface area contributed by atoms with E-state index in [0.717, 1.165) is 22.4 Å². The molecule has 0 spiro atoms. The number of benzene rings is 2. The van der Waals surface area contributed by atoms with Gasteiger partial charge in [-0.25, -0.2) is 0 Å². The van der Waals surface area contributed by atoms with Crippen LogP contribution in [0.1, 0.15) is 27.6 Å². The number of ether oxygens (including phenoxy) is 3. The van der Waals surface area contributed by atoms with Crippen molar-refractivity contribution in [2.24, 2.45) is 0 Å². The molecule has 2 aromatic carbocycles. The molecule has 1 aromatic heterocycles. The molecule has 1 aliphatic rings. The molecular formula is C24H25NO4S. The summed E-state index contributed by atoms with van der Waals surface area (Å²) in [4.78, 5) is 16.2. The van der Waals surface area contributed by atoms with E-state index in [1.807, 2.05) is 59.7 Å². The van der Waals surface area contributed by atoms with Crippen LogP contribution in [0.15, 0.2) is 53.9 Å². The molecule has 3 aromatic rings. The van der Waals surface area contributed by atoms with Gasteiger partial charge in [-0.2, -0.15) is 0 Å². The zero-order valence-electron chi connectivity index (χ0n) is 17.4. The molecule has 0 fully saturated rings. The number of nitrogens with zero attached hydrogens (tertiary/aromatic N) is 1. The molecule has 2 heterocycles. The Morgan fingerprint density at radius 1 is 1.10 bits per heavy atom. The van der Waals surface area contributed by atoms with Crippen LogP contribution in [0.5, 0.6) is 17.2 Å². The average Bonchev–Trinajstić information content (AvgIpc) is 3.31. The van der Waals surface area contributed by atoms with Gasteiger partial charge in [0.15, 0.2) is 18.1 Å². The molecule has 0 bridgehead atoms. The van der Waals surface area contributed by atoms with Crippen molar-refractivity contribution in [3.63, 3.8) is 0 Å². The summed E-state index contributed by atoms with van der Waals surface area (Å²) in [5.74, 6) is 2.05. The Balaban J connectivity index is 1.63. The number of carbonyl (C=O) groups excluding carboxylic acids is 1. The summed E-state index contributed by atoms with van der Waals surface area (Å²) in [7, 11) is 3.27. The van der Waals surface area contributed by atoms with Gasteiger partial charge in [0.25, 0.3) is 5.91 Å². The quantitative estimate of drug-likeness (QED) is 0.580. The van der Waals surface area contributed by atoms with Gasteiger partial charge < -0.3 is 19.1 Å². The van der Waals surface area contributed by atoms with E-state index >= 15 is 0 Å². The van der Waals surface area contributed by atoms with E-state index in [4.69, 9.17) is 14.2 Å². The Morgan fingerprint density at radius 2 is 1.83 bits per heavy atom. The number of methoxy groups -OCH3 is 2. The van der Waals surface area contributed by atoms with Crippen molar-refractivity contribution < 1.29 is 19.0 Å². The van der Waals surface area contributed by atoms with Gasteiger partial charge in [0, 0.05) is 11.4 Å². The molecule has 1 aliphatic heterocycles. The minimum Gasteiger partial charge on any atom is -0.493 e. The first-order chi connectivity index (χ1) is 14.6. The standard InChI is InChI=1S/C24H25NO4S/c1-16-6-8-18(9-7-16)29-15-23(26)25-11-10-17-13-20(27-2)21(28-3)14-19(17)24(25)22-5-4-12-30-22/h4-9,12-14,24H,10-11,15H2,1-3H3. The first kappa shape index (κ1) is 20.3. The highest BCUT2D eigenvalue weighted by atomic mass is 32.1. The average molecular weight is 424 g/mol. The van der Waals surface area contributed by atoms with Gasteiger partial charge in [-0.05, 0) is 60.2 Å². The number of aryl methyl sites for hydroxylation is 1. The van der Waals surface area contributed by atoms with Gasteiger partial charge >= 0.3 is 0 Å². The van der Waals surface area contributed by atoms with Crippen molar-refractivity contribution in [2.75, 3.05) is 27.4 Å². The molecular weight excluding hydrogens is 398 g/mol. The van der Waals surface area contributed by atoms with Crippen molar-refractivity contribution in [1.82, 2.24) is 4.90 Å². The maximum absolute atomic E-state index is 13.2. The maximum atomic E-state index is 13.2. The Kier molecular flexibility index (Phi) is 5.95. The Labute approximate surface area is 180 Å². The van der Waals surface area contributed by atoms with Crippen molar-refractivity contribution in [1.29, 1.82) is 0 Å². The molecule has 1 atom stereocenters. The molecule has 1 unspecified atom stereocenters. The first-order valence-corrected chi connectivity index (χ1v) is 10.8. The van der Waals surface area contributed by atoms with Gasteiger partial charge in [-0.3, -0.25) is 4.79 Å². The summed E-state index contributed by atoms with van der Waals surface area (Å²) in [6.07, 6.45) is 0.758. The number of carbonyl (C=O) groups is 1. The molecule has 0 N–H and O–H groups in total. The van der Waals surface area contributed by atoms with Crippen LogP contribution < -0.4 is 14.2 Å². The van der Waals surface area contributed by atoms with Gasteiger partial charge in [0.1, 0.15) is 5.75 Å². The van der Waals surface area contributed by atoms with E-state index in [9.17, 15) is 4.79 Å². The summed E-state index contributed by atoms with van der Waals surface area (Å²) in [6.45, 7) is 2.66. The van der Waals surface area contributed by atoms with Gasteiger partial charge in [0.05, 0.1) is 20.3 Å². The summed E-state index contributed by atoms with van der Waals surface area (Å²) in [5, 5.41) is 2.04. The van der Waals surface area contributed by atoms with Crippen LogP contribution >= 0.6 is 11.3 Å². The van der Waals surface area contributed by atoms with Crippen LogP contribution in [-0.2, 0) is 11.2 Å². The van der Waals surface area contributed by atoms with Crippen molar-refractivity contribution in [2.45, 2.75) is 19.4 Å². The van der Waals surface area contributed by atoms with Crippen LogP contribution in [0.25, 0.3) is 0 Å². The third kappa shape index (κ3) is 4.00. The van der Waals surface area contributed by atoms with Gasteiger partial charge in [-0.15, -0.1) is 11.3 Å². The zero-order valence-corrected chi connectivity index (χ0v) is 18.2. The smallest absolute Gasteiger partial charge is 0.261 e. The predicted molar refractivity (Wildman–Crippen MR) is 118 cm³/mol. The molecule has 0 radical (unpaired) electrons. The second-order valence-corrected chi connectivity index (χ2v) is 8.24. The lowest BCUT2D eigenvalue weighted by atomic mass is 9.90. The normalized spacial score (nSPS) is 15.4. The molecule has 0 saturated heterocycles. The van der Waals surface area contributed by atoms with E-state index in [2.05, 4.69) is 6.07 Å². The Bertz CT molecular complexity index is 1010. The highest BCUT2D eigenvalue weighted by Gasteiger charge is 2.34. The fourth-order valence-electron chi connectivity index (χ4n) is 3.83. The van der Waals surface area contributed by atoms with Crippen LogP contribution in [-0.4, -0.2) is 38.2 Å². The second kappa shape index (κ2) is 8.79. The number of hydrogen-bond donors (Lipinski definition) is 0. The highest BCUT2D eigenvalue weighted by molar-refractivity contribution is 7.10. The van der Waals surface area contributed by atoms with E-state index in [0.29, 0.717) is 23.8 Å². The summed E-state index contributed by atoms with van der Waals surface area (Å²) < 4.78 is 16.8. The van der Waals surface area contributed by atoms with E-state index in [-0.39, 0.29) is 18.6 Å². The molecule has 1 amide bonds. The van der Waals surface area contributed by atoms with Crippen molar-refractivity contribution >= 4 is 17.2 Å². The zero-order chi connectivity index (χ0) is 21.1. The lowest BCUT2D eigenvalue weighted by Crippen LogP contribution is -2.42. The Hall–Kier alpha value is -2.99. The molecule has 156 valence electrons. The van der Waals surface area contributed by atoms with E-state index < -0.39 is 0 Å². The van der Waals surface area contributed by atoms with E-state index in [1.54, 1.807) is 25.6 Å². The highest BCUT2D eigenvalue weighted by Crippen LogP contribution is 2.42. The summed E-state index contributed by atoms with van der Waals surface area (Å²) in [5.41, 5.74) is 3.41. The van der Waals surface area contributed by atoms with Crippen molar-refractivity contribution in [3.05, 3.63) is 75.5 Å². The summed E-state index contributed by atoms with van der Waals surface area (Å²) >= 11 is 1.65. The molecule has 30 heavy (non-hydrogen) atoms. The fraction of sp³-hybridized carbons (Fsp3) is 0.292. The molecule has 0 aliphatic carbocycles.